The summed E-state index contributed by atoms with van der Waals surface area (Å²) in [5.74, 6) is 0. The van der Waals surface area contributed by atoms with E-state index in [0.717, 1.165) is 6.54 Å². The van der Waals surface area contributed by atoms with E-state index in [0.29, 0.717) is 6.54 Å². The number of fused-ring (bicyclic) bond motifs is 1. The van der Waals surface area contributed by atoms with Gasteiger partial charge >= 0.3 is 0 Å². The Morgan fingerprint density at radius 2 is 1.80 bits per heavy atom. The van der Waals surface area contributed by atoms with Gasteiger partial charge in [-0.25, -0.2) is 0 Å². The highest BCUT2D eigenvalue weighted by Gasteiger charge is 2.13. The molecule has 3 nitrogen and oxygen atoms in total. The maximum atomic E-state index is 5.75. The normalized spacial score (nSPS) is 17.5. The first kappa shape index (κ1) is 13.7. The minimum absolute atomic E-state index is 0.614. The van der Waals surface area contributed by atoms with E-state index in [1.807, 2.05) is 0 Å². The van der Waals surface area contributed by atoms with Crippen molar-refractivity contribution < 1.29 is 0 Å². The molecule has 1 aliphatic heterocycles. The molecule has 0 radical (unpaired) electrons. The van der Waals surface area contributed by atoms with Crippen LogP contribution >= 0.6 is 0 Å². The molecule has 3 heteroatoms. The van der Waals surface area contributed by atoms with Crippen LogP contribution in [0.2, 0.25) is 0 Å². The van der Waals surface area contributed by atoms with Crippen molar-refractivity contribution in [1.82, 2.24) is 9.47 Å². The Balaban J connectivity index is 1.85. The lowest BCUT2D eigenvalue weighted by molar-refractivity contribution is 0.271. The van der Waals surface area contributed by atoms with Gasteiger partial charge in [-0.15, -0.1) is 0 Å². The number of benzene rings is 1. The lowest BCUT2D eigenvalue weighted by atomic mass is 10.1. The van der Waals surface area contributed by atoms with Crippen LogP contribution in [0, 0.1) is 0 Å². The molecule has 2 aromatic rings. The van der Waals surface area contributed by atoms with Crippen LogP contribution in [-0.4, -0.2) is 22.6 Å². The van der Waals surface area contributed by atoms with Gasteiger partial charge in [-0.05, 0) is 49.0 Å². The van der Waals surface area contributed by atoms with Crippen molar-refractivity contribution in [3.05, 3.63) is 35.5 Å². The molecule has 0 bridgehead atoms. The Morgan fingerprint density at radius 1 is 1.05 bits per heavy atom. The summed E-state index contributed by atoms with van der Waals surface area (Å²) in [6.45, 7) is 4.18. The van der Waals surface area contributed by atoms with Crippen LogP contribution in [0.3, 0.4) is 0 Å². The van der Waals surface area contributed by atoms with Gasteiger partial charge in [-0.1, -0.05) is 25.0 Å². The number of nitrogens with zero attached hydrogens (tertiary/aromatic N) is 2. The van der Waals surface area contributed by atoms with E-state index in [1.54, 1.807) is 0 Å². The van der Waals surface area contributed by atoms with Crippen molar-refractivity contribution in [2.24, 2.45) is 12.8 Å². The molecule has 1 aromatic heterocycles. The first-order valence-corrected chi connectivity index (χ1v) is 7.77. The van der Waals surface area contributed by atoms with Crippen LogP contribution in [0.25, 0.3) is 10.9 Å². The van der Waals surface area contributed by atoms with Crippen LogP contribution in [0.15, 0.2) is 24.3 Å². The lowest BCUT2D eigenvalue weighted by Crippen LogP contribution is -2.25. The molecule has 0 atom stereocenters. The zero-order chi connectivity index (χ0) is 13.9. The highest BCUT2D eigenvalue weighted by Crippen LogP contribution is 2.22. The molecule has 0 aliphatic carbocycles. The summed E-state index contributed by atoms with van der Waals surface area (Å²) in [6, 6.07) is 8.89. The van der Waals surface area contributed by atoms with Crippen LogP contribution in [-0.2, 0) is 20.1 Å². The second kappa shape index (κ2) is 5.98. The molecular weight excluding hydrogens is 246 g/mol. The van der Waals surface area contributed by atoms with Gasteiger partial charge in [0.1, 0.15) is 0 Å². The van der Waals surface area contributed by atoms with Gasteiger partial charge in [0.15, 0.2) is 0 Å². The minimum Gasteiger partial charge on any atom is -0.346 e. The van der Waals surface area contributed by atoms with Crippen LogP contribution in [0.5, 0.6) is 0 Å². The zero-order valence-corrected chi connectivity index (χ0v) is 12.4. The first-order valence-electron chi connectivity index (χ1n) is 7.77. The summed E-state index contributed by atoms with van der Waals surface area (Å²) in [5, 5.41) is 1.33. The number of hydrogen-bond donors (Lipinski definition) is 1. The quantitative estimate of drug-likeness (QED) is 0.931. The van der Waals surface area contributed by atoms with E-state index in [1.165, 1.54) is 60.9 Å². The molecule has 108 valence electrons. The maximum Gasteiger partial charge on any atom is 0.0483 e. The van der Waals surface area contributed by atoms with Gasteiger partial charge in [0, 0.05) is 31.3 Å². The van der Waals surface area contributed by atoms with Crippen molar-refractivity contribution in [2.75, 3.05) is 13.1 Å². The molecule has 1 fully saturated rings. The predicted octanol–water partition coefficient (Wildman–Crippen LogP) is 3.01. The highest BCUT2D eigenvalue weighted by molar-refractivity contribution is 5.82. The summed E-state index contributed by atoms with van der Waals surface area (Å²) in [5.41, 5.74) is 9.67. The van der Waals surface area contributed by atoms with E-state index in [4.69, 9.17) is 5.73 Å². The maximum absolute atomic E-state index is 5.75. The summed E-state index contributed by atoms with van der Waals surface area (Å²) in [7, 11) is 2.18. The topological polar surface area (TPSA) is 34.2 Å². The number of aryl methyl sites for hydroxylation is 1. The van der Waals surface area contributed by atoms with Crippen LogP contribution in [0.1, 0.15) is 36.9 Å². The predicted molar refractivity (Wildman–Crippen MR) is 84.6 cm³/mol. The molecule has 1 aliphatic rings. The SMILES string of the molecule is Cn1c(CN2CCCCCC2)cc2ccc(CN)cc21. The Bertz CT molecular complexity index is 577. The molecule has 1 saturated heterocycles. The van der Waals surface area contributed by atoms with E-state index in [2.05, 4.69) is 40.8 Å². The third-order valence-corrected chi connectivity index (χ3v) is 4.53. The second-order valence-corrected chi connectivity index (χ2v) is 5.98. The molecule has 0 spiro atoms. The molecule has 1 aromatic carbocycles. The number of hydrogen-bond acceptors (Lipinski definition) is 2. The third kappa shape index (κ3) is 2.74. The van der Waals surface area contributed by atoms with Crippen LogP contribution in [0.4, 0.5) is 0 Å². The number of likely N-dealkylation sites (tertiary alicyclic amines) is 1. The Kier molecular flexibility index (Phi) is 4.08. The smallest absolute Gasteiger partial charge is 0.0483 e. The second-order valence-electron chi connectivity index (χ2n) is 5.98. The molecule has 2 heterocycles. The van der Waals surface area contributed by atoms with Gasteiger partial charge in [0.25, 0.3) is 0 Å². The Hall–Kier alpha value is -1.32. The average molecular weight is 271 g/mol. The van der Waals surface area contributed by atoms with Gasteiger partial charge < -0.3 is 10.3 Å². The van der Waals surface area contributed by atoms with Crippen LogP contribution < -0.4 is 5.73 Å². The van der Waals surface area contributed by atoms with Crippen molar-refractivity contribution in [1.29, 1.82) is 0 Å². The van der Waals surface area contributed by atoms with Gasteiger partial charge in [-0.3, -0.25) is 4.90 Å². The average Bonchev–Trinajstić information content (AvgIpc) is 2.66. The molecule has 20 heavy (non-hydrogen) atoms. The zero-order valence-electron chi connectivity index (χ0n) is 12.4. The fourth-order valence-corrected chi connectivity index (χ4v) is 3.23. The van der Waals surface area contributed by atoms with Crippen molar-refractivity contribution >= 4 is 10.9 Å². The highest BCUT2D eigenvalue weighted by atomic mass is 15.1. The lowest BCUT2D eigenvalue weighted by Gasteiger charge is -2.20. The van der Waals surface area contributed by atoms with E-state index in [-0.39, 0.29) is 0 Å². The fraction of sp³-hybridized carbons (Fsp3) is 0.529. The first-order chi connectivity index (χ1) is 9.78. The van der Waals surface area contributed by atoms with Gasteiger partial charge in [0.2, 0.25) is 0 Å². The largest absolute Gasteiger partial charge is 0.346 e. The Labute approximate surface area is 121 Å². The molecule has 0 amide bonds. The van der Waals surface area contributed by atoms with Gasteiger partial charge in [0.05, 0.1) is 0 Å². The number of aromatic nitrogens is 1. The Morgan fingerprint density at radius 3 is 2.50 bits per heavy atom. The van der Waals surface area contributed by atoms with E-state index in [9.17, 15) is 0 Å². The number of nitrogens with two attached hydrogens (primary N) is 1. The molecule has 0 unspecified atom stereocenters. The van der Waals surface area contributed by atoms with E-state index < -0.39 is 0 Å². The number of rotatable bonds is 3. The molecule has 3 rings (SSSR count). The monoisotopic (exact) mass is 271 g/mol. The molecule has 0 saturated carbocycles. The third-order valence-electron chi connectivity index (χ3n) is 4.53. The standard InChI is InChI=1S/C17H25N3/c1-19-16(13-20-8-4-2-3-5-9-20)11-15-7-6-14(12-18)10-17(15)19/h6-7,10-11H,2-5,8-9,12-13,18H2,1H3. The summed E-state index contributed by atoms with van der Waals surface area (Å²) in [6.07, 6.45) is 5.49. The summed E-state index contributed by atoms with van der Waals surface area (Å²) in [4.78, 5) is 2.60. The minimum atomic E-state index is 0.614. The fourth-order valence-electron chi connectivity index (χ4n) is 3.23. The van der Waals surface area contributed by atoms with E-state index >= 15 is 0 Å². The van der Waals surface area contributed by atoms with Crippen molar-refractivity contribution in [2.45, 2.75) is 38.8 Å². The van der Waals surface area contributed by atoms with Crippen molar-refractivity contribution in [3.63, 3.8) is 0 Å². The molecule has 2 N–H and O–H groups in total. The molecular formula is C17H25N3. The summed E-state index contributed by atoms with van der Waals surface area (Å²) < 4.78 is 2.33. The van der Waals surface area contributed by atoms with Crippen molar-refractivity contribution in [3.8, 4) is 0 Å². The van der Waals surface area contributed by atoms with Gasteiger partial charge in [-0.2, -0.15) is 0 Å². The summed E-state index contributed by atoms with van der Waals surface area (Å²) >= 11 is 0.